The average molecular weight is 429 g/mol. The molecular formula is C16H21BrN4O3S. The maximum Gasteiger partial charge on any atom is 0.243 e. The number of benzene rings is 1. The molecule has 0 aliphatic carbocycles. The first-order valence-electron chi connectivity index (χ1n) is 8.20. The molecule has 0 amide bonds. The predicted octanol–water partition coefficient (Wildman–Crippen LogP) is 2.21. The summed E-state index contributed by atoms with van der Waals surface area (Å²) >= 11 is 3.40. The van der Waals surface area contributed by atoms with Gasteiger partial charge in [0.1, 0.15) is 0 Å². The van der Waals surface area contributed by atoms with Crippen molar-refractivity contribution < 1.29 is 12.9 Å². The molecule has 2 aromatic rings. The fourth-order valence-corrected chi connectivity index (χ4v) is 4.51. The van der Waals surface area contributed by atoms with Gasteiger partial charge in [0.2, 0.25) is 15.9 Å². The molecule has 0 bridgehead atoms. The molecule has 0 unspecified atom stereocenters. The maximum absolute atomic E-state index is 12.8. The lowest BCUT2D eigenvalue weighted by Crippen LogP contribution is -2.48. The first kappa shape index (κ1) is 18.5. The van der Waals surface area contributed by atoms with Crippen LogP contribution < -0.4 is 0 Å². The molecule has 25 heavy (non-hydrogen) atoms. The van der Waals surface area contributed by atoms with Gasteiger partial charge in [0.25, 0.3) is 0 Å². The number of aromatic nitrogens is 2. The highest BCUT2D eigenvalue weighted by molar-refractivity contribution is 9.10. The zero-order valence-corrected chi connectivity index (χ0v) is 16.7. The van der Waals surface area contributed by atoms with Gasteiger partial charge in [0, 0.05) is 37.1 Å². The highest BCUT2D eigenvalue weighted by Crippen LogP contribution is 2.23. The molecule has 0 N–H and O–H groups in total. The topological polar surface area (TPSA) is 79.5 Å². The molecule has 1 saturated heterocycles. The SMILES string of the molecule is CCc1nc(CN2CCN(S(=O)(=O)c3ccc(Br)c(C)c3)CC2)no1. The van der Waals surface area contributed by atoms with Crippen LogP contribution in [-0.4, -0.2) is 53.9 Å². The third kappa shape index (κ3) is 4.11. The van der Waals surface area contributed by atoms with Crippen LogP contribution in [0.15, 0.2) is 32.1 Å². The van der Waals surface area contributed by atoms with E-state index in [1.165, 1.54) is 0 Å². The van der Waals surface area contributed by atoms with Crippen LogP contribution in [0, 0.1) is 6.92 Å². The van der Waals surface area contributed by atoms with Crippen molar-refractivity contribution in [2.24, 2.45) is 0 Å². The minimum Gasteiger partial charge on any atom is -0.339 e. The lowest BCUT2D eigenvalue weighted by Gasteiger charge is -2.33. The van der Waals surface area contributed by atoms with Gasteiger partial charge in [-0.2, -0.15) is 9.29 Å². The highest BCUT2D eigenvalue weighted by atomic mass is 79.9. The summed E-state index contributed by atoms with van der Waals surface area (Å²) in [5.41, 5.74) is 0.906. The average Bonchev–Trinajstić information content (AvgIpc) is 3.05. The molecule has 1 fully saturated rings. The van der Waals surface area contributed by atoms with Gasteiger partial charge in [0.05, 0.1) is 11.4 Å². The van der Waals surface area contributed by atoms with Crippen LogP contribution in [0.5, 0.6) is 0 Å². The predicted molar refractivity (Wildman–Crippen MR) is 96.6 cm³/mol. The second-order valence-electron chi connectivity index (χ2n) is 6.05. The Morgan fingerprint density at radius 2 is 1.96 bits per heavy atom. The zero-order chi connectivity index (χ0) is 18.0. The summed E-state index contributed by atoms with van der Waals surface area (Å²) < 4.78 is 33.2. The Morgan fingerprint density at radius 1 is 1.24 bits per heavy atom. The summed E-state index contributed by atoms with van der Waals surface area (Å²) in [5.74, 6) is 1.28. The van der Waals surface area contributed by atoms with Gasteiger partial charge in [-0.15, -0.1) is 0 Å². The normalized spacial score (nSPS) is 17.1. The summed E-state index contributed by atoms with van der Waals surface area (Å²) in [6.07, 6.45) is 0.714. The number of halogens is 1. The highest BCUT2D eigenvalue weighted by Gasteiger charge is 2.29. The number of sulfonamides is 1. The van der Waals surface area contributed by atoms with E-state index in [9.17, 15) is 8.42 Å². The molecule has 1 aromatic heterocycles. The van der Waals surface area contributed by atoms with E-state index in [2.05, 4.69) is 31.0 Å². The van der Waals surface area contributed by atoms with Crippen LogP contribution in [0.25, 0.3) is 0 Å². The summed E-state index contributed by atoms with van der Waals surface area (Å²) in [7, 11) is -3.46. The Labute approximate surface area is 156 Å². The van der Waals surface area contributed by atoms with E-state index in [4.69, 9.17) is 4.52 Å². The molecule has 1 aliphatic heterocycles. The summed E-state index contributed by atoms with van der Waals surface area (Å²) in [4.78, 5) is 6.78. The molecule has 3 rings (SSSR count). The largest absolute Gasteiger partial charge is 0.339 e. The molecule has 136 valence electrons. The van der Waals surface area contributed by atoms with Crippen molar-refractivity contribution in [1.29, 1.82) is 0 Å². The molecule has 0 spiro atoms. The van der Waals surface area contributed by atoms with Gasteiger partial charge in [0.15, 0.2) is 5.82 Å². The first-order chi connectivity index (χ1) is 11.9. The van der Waals surface area contributed by atoms with Crippen molar-refractivity contribution in [3.8, 4) is 0 Å². The van der Waals surface area contributed by atoms with E-state index in [0.717, 1.165) is 10.0 Å². The minimum atomic E-state index is -3.46. The summed E-state index contributed by atoms with van der Waals surface area (Å²) in [5, 5.41) is 3.95. The van der Waals surface area contributed by atoms with E-state index >= 15 is 0 Å². The van der Waals surface area contributed by atoms with Crippen LogP contribution in [-0.2, 0) is 23.0 Å². The number of piperazine rings is 1. The van der Waals surface area contributed by atoms with Gasteiger partial charge in [-0.1, -0.05) is 28.0 Å². The van der Waals surface area contributed by atoms with Gasteiger partial charge in [-0.05, 0) is 30.7 Å². The molecule has 0 saturated carbocycles. The number of nitrogens with zero attached hydrogens (tertiary/aromatic N) is 4. The molecule has 2 heterocycles. The monoisotopic (exact) mass is 428 g/mol. The Bertz CT molecular complexity index is 845. The Balaban J connectivity index is 1.63. The van der Waals surface area contributed by atoms with E-state index in [-0.39, 0.29) is 0 Å². The number of hydrogen-bond donors (Lipinski definition) is 0. The molecule has 1 aliphatic rings. The van der Waals surface area contributed by atoms with E-state index in [0.29, 0.717) is 55.8 Å². The standard InChI is InChI=1S/C16H21BrN4O3S/c1-3-16-18-15(19-24-16)11-20-6-8-21(9-7-20)25(22,23)13-4-5-14(17)12(2)10-13/h4-5,10H,3,6-9,11H2,1-2H3. The molecule has 0 atom stereocenters. The number of aryl methyl sites for hydroxylation is 2. The fourth-order valence-electron chi connectivity index (χ4n) is 2.75. The van der Waals surface area contributed by atoms with Crippen molar-refractivity contribution >= 4 is 26.0 Å². The van der Waals surface area contributed by atoms with Crippen molar-refractivity contribution in [1.82, 2.24) is 19.3 Å². The van der Waals surface area contributed by atoms with Gasteiger partial charge >= 0.3 is 0 Å². The Kier molecular flexibility index (Phi) is 5.57. The lowest BCUT2D eigenvalue weighted by molar-refractivity contribution is 0.176. The zero-order valence-electron chi connectivity index (χ0n) is 14.3. The number of hydrogen-bond acceptors (Lipinski definition) is 6. The van der Waals surface area contributed by atoms with Crippen LogP contribution in [0.4, 0.5) is 0 Å². The maximum atomic E-state index is 12.8. The Hall–Kier alpha value is -1.29. The van der Waals surface area contributed by atoms with E-state index in [1.807, 2.05) is 13.8 Å². The van der Waals surface area contributed by atoms with Crippen molar-refractivity contribution in [3.05, 3.63) is 40.0 Å². The van der Waals surface area contributed by atoms with E-state index in [1.54, 1.807) is 22.5 Å². The summed E-state index contributed by atoms with van der Waals surface area (Å²) in [6, 6.07) is 5.13. The molecular weight excluding hydrogens is 408 g/mol. The summed E-state index contributed by atoms with van der Waals surface area (Å²) in [6.45, 7) is 6.62. The van der Waals surface area contributed by atoms with E-state index < -0.39 is 10.0 Å². The van der Waals surface area contributed by atoms with Crippen molar-refractivity contribution in [3.63, 3.8) is 0 Å². The van der Waals surface area contributed by atoms with Gasteiger partial charge < -0.3 is 4.52 Å². The lowest BCUT2D eigenvalue weighted by atomic mass is 10.2. The quantitative estimate of drug-likeness (QED) is 0.725. The second-order valence-corrected chi connectivity index (χ2v) is 8.84. The van der Waals surface area contributed by atoms with Crippen LogP contribution >= 0.6 is 15.9 Å². The van der Waals surface area contributed by atoms with Crippen molar-refractivity contribution in [2.45, 2.75) is 31.7 Å². The molecule has 0 radical (unpaired) electrons. The van der Waals surface area contributed by atoms with Crippen LogP contribution in [0.2, 0.25) is 0 Å². The van der Waals surface area contributed by atoms with Crippen LogP contribution in [0.1, 0.15) is 24.2 Å². The smallest absolute Gasteiger partial charge is 0.243 e. The number of rotatable bonds is 5. The molecule has 9 heteroatoms. The van der Waals surface area contributed by atoms with Crippen LogP contribution in [0.3, 0.4) is 0 Å². The molecule has 1 aromatic carbocycles. The molecule has 7 nitrogen and oxygen atoms in total. The first-order valence-corrected chi connectivity index (χ1v) is 10.4. The van der Waals surface area contributed by atoms with Gasteiger partial charge in [-0.25, -0.2) is 8.42 Å². The minimum absolute atomic E-state index is 0.340. The second kappa shape index (κ2) is 7.53. The third-order valence-electron chi connectivity index (χ3n) is 4.28. The van der Waals surface area contributed by atoms with Crippen molar-refractivity contribution in [2.75, 3.05) is 26.2 Å². The fraction of sp³-hybridized carbons (Fsp3) is 0.500. The van der Waals surface area contributed by atoms with Gasteiger partial charge in [-0.3, -0.25) is 4.90 Å². The Morgan fingerprint density at radius 3 is 2.56 bits per heavy atom. The third-order valence-corrected chi connectivity index (χ3v) is 7.06.